The molecule has 1 atom stereocenters. The Balaban J connectivity index is 2.13. The van der Waals surface area contributed by atoms with Crippen LogP contribution in [0, 0.1) is 12.3 Å². The highest BCUT2D eigenvalue weighted by molar-refractivity contribution is 5.52. The lowest BCUT2D eigenvalue weighted by atomic mass is 9.80. The lowest BCUT2D eigenvalue weighted by Crippen LogP contribution is -2.27. The molecule has 0 spiro atoms. The van der Waals surface area contributed by atoms with E-state index in [0.717, 1.165) is 6.61 Å². The van der Waals surface area contributed by atoms with Gasteiger partial charge in [-0.3, -0.25) is 0 Å². The van der Waals surface area contributed by atoms with Crippen LogP contribution >= 0.6 is 0 Å². The normalized spacial score (nSPS) is 25.0. The molecule has 1 aliphatic rings. The van der Waals surface area contributed by atoms with Crippen molar-refractivity contribution < 1.29 is 4.74 Å². The second-order valence-electron chi connectivity index (χ2n) is 5.67. The number of epoxide rings is 1. The molecule has 1 saturated heterocycles. The van der Waals surface area contributed by atoms with Crippen LogP contribution in [0.4, 0.5) is 0 Å². The van der Waals surface area contributed by atoms with Crippen LogP contribution in [0.3, 0.4) is 0 Å². The maximum absolute atomic E-state index is 5.62. The highest BCUT2D eigenvalue weighted by Gasteiger charge is 2.51. The average molecular weight is 216 g/mol. The third kappa shape index (κ3) is 2.19. The van der Waals surface area contributed by atoms with Crippen molar-refractivity contribution in [2.45, 2.75) is 33.3 Å². The Morgan fingerprint density at radius 1 is 1.19 bits per heavy atom. The van der Waals surface area contributed by atoms with E-state index >= 15 is 0 Å². The minimum atomic E-state index is -0.0438. The van der Waals surface area contributed by atoms with Gasteiger partial charge in [-0.15, -0.1) is 0 Å². The Hall–Kier alpha value is -1.08. The van der Waals surface area contributed by atoms with E-state index in [9.17, 15) is 0 Å². The SMILES string of the molecule is Cc1ccc(/C=C/C2(C(C)(C)C)CO2)cc1. The third-order valence-electron chi connectivity index (χ3n) is 3.35. The van der Waals surface area contributed by atoms with Crippen LogP contribution in [0.15, 0.2) is 30.3 Å². The van der Waals surface area contributed by atoms with Crippen molar-refractivity contribution in [3.8, 4) is 0 Å². The minimum Gasteiger partial charge on any atom is -0.365 e. The molecule has 86 valence electrons. The van der Waals surface area contributed by atoms with E-state index in [-0.39, 0.29) is 11.0 Å². The number of aryl methyl sites for hydroxylation is 1. The van der Waals surface area contributed by atoms with Crippen LogP contribution in [0.2, 0.25) is 0 Å². The van der Waals surface area contributed by atoms with E-state index in [0.29, 0.717) is 0 Å². The summed E-state index contributed by atoms with van der Waals surface area (Å²) < 4.78 is 5.62. The van der Waals surface area contributed by atoms with Gasteiger partial charge in [0, 0.05) is 0 Å². The van der Waals surface area contributed by atoms with Gasteiger partial charge in [-0.2, -0.15) is 0 Å². The summed E-state index contributed by atoms with van der Waals surface area (Å²) >= 11 is 0. The molecule has 0 radical (unpaired) electrons. The van der Waals surface area contributed by atoms with Crippen molar-refractivity contribution >= 4 is 6.08 Å². The van der Waals surface area contributed by atoms with Crippen molar-refractivity contribution in [1.29, 1.82) is 0 Å². The topological polar surface area (TPSA) is 12.5 Å². The highest BCUT2D eigenvalue weighted by Crippen LogP contribution is 2.45. The zero-order chi connectivity index (χ0) is 11.8. The van der Waals surface area contributed by atoms with Gasteiger partial charge >= 0.3 is 0 Å². The molecule has 0 aromatic heterocycles. The van der Waals surface area contributed by atoms with Crippen LogP contribution in [0.25, 0.3) is 6.08 Å². The summed E-state index contributed by atoms with van der Waals surface area (Å²) in [7, 11) is 0. The van der Waals surface area contributed by atoms with Gasteiger partial charge in [0.2, 0.25) is 0 Å². The average Bonchev–Trinajstić information content (AvgIpc) is 2.97. The van der Waals surface area contributed by atoms with Crippen LogP contribution in [0.5, 0.6) is 0 Å². The van der Waals surface area contributed by atoms with Gasteiger partial charge in [0.05, 0.1) is 6.61 Å². The summed E-state index contributed by atoms with van der Waals surface area (Å²) in [6.45, 7) is 9.62. The van der Waals surface area contributed by atoms with E-state index in [1.165, 1.54) is 11.1 Å². The van der Waals surface area contributed by atoms with Gasteiger partial charge in [-0.1, -0.05) is 56.7 Å². The van der Waals surface area contributed by atoms with E-state index in [1.54, 1.807) is 0 Å². The standard InChI is InChI=1S/C15H20O/c1-12-5-7-13(8-6-12)9-10-15(11-16-15)14(2,3)4/h5-10H,11H2,1-4H3/b10-9+. The van der Waals surface area contributed by atoms with Gasteiger partial charge in [-0.05, 0) is 24.0 Å². The highest BCUT2D eigenvalue weighted by atomic mass is 16.6. The van der Waals surface area contributed by atoms with E-state index in [1.807, 2.05) is 0 Å². The minimum absolute atomic E-state index is 0.0438. The van der Waals surface area contributed by atoms with E-state index in [2.05, 4.69) is 64.1 Å². The van der Waals surface area contributed by atoms with Crippen LogP contribution in [-0.4, -0.2) is 12.2 Å². The summed E-state index contributed by atoms with van der Waals surface area (Å²) in [5.41, 5.74) is 2.67. The fourth-order valence-corrected chi connectivity index (χ4v) is 1.77. The first-order chi connectivity index (χ1) is 7.43. The summed E-state index contributed by atoms with van der Waals surface area (Å²) in [6, 6.07) is 8.56. The molecule has 1 aromatic carbocycles. The van der Waals surface area contributed by atoms with Crippen molar-refractivity contribution in [3.05, 3.63) is 41.5 Å². The van der Waals surface area contributed by atoms with Crippen molar-refractivity contribution in [3.63, 3.8) is 0 Å². The third-order valence-corrected chi connectivity index (χ3v) is 3.35. The summed E-state index contributed by atoms with van der Waals surface area (Å²) in [6.07, 6.45) is 4.37. The quantitative estimate of drug-likeness (QED) is 0.685. The first kappa shape index (κ1) is 11.4. The Morgan fingerprint density at radius 2 is 1.75 bits per heavy atom. The largest absolute Gasteiger partial charge is 0.365 e. The molecule has 1 heteroatoms. The fourth-order valence-electron chi connectivity index (χ4n) is 1.77. The van der Waals surface area contributed by atoms with Gasteiger partial charge < -0.3 is 4.74 Å². The second-order valence-corrected chi connectivity index (χ2v) is 5.67. The number of hydrogen-bond donors (Lipinski definition) is 0. The summed E-state index contributed by atoms with van der Waals surface area (Å²) in [5, 5.41) is 0. The molecule has 0 N–H and O–H groups in total. The monoisotopic (exact) mass is 216 g/mol. The molecule has 1 heterocycles. The molecule has 1 aliphatic heterocycles. The van der Waals surface area contributed by atoms with Crippen LogP contribution in [0.1, 0.15) is 31.9 Å². The molecular weight excluding hydrogens is 196 g/mol. The molecule has 1 nitrogen and oxygen atoms in total. The Morgan fingerprint density at radius 3 is 2.19 bits per heavy atom. The smallest absolute Gasteiger partial charge is 0.115 e. The van der Waals surface area contributed by atoms with Gasteiger partial charge in [0.15, 0.2) is 0 Å². The molecule has 0 saturated carbocycles. The first-order valence-electron chi connectivity index (χ1n) is 5.83. The molecule has 0 aliphatic carbocycles. The predicted molar refractivity (Wildman–Crippen MR) is 68.4 cm³/mol. The summed E-state index contributed by atoms with van der Waals surface area (Å²) in [4.78, 5) is 0. The second kappa shape index (κ2) is 3.74. The molecule has 1 unspecified atom stereocenters. The molecule has 0 bridgehead atoms. The Labute approximate surface area is 98.1 Å². The lowest BCUT2D eigenvalue weighted by Gasteiger charge is -2.24. The zero-order valence-corrected chi connectivity index (χ0v) is 10.6. The van der Waals surface area contributed by atoms with E-state index < -0.39 is 0 Å². The van der Waals surface area contributed by atoms with Gasteiger partial charge in [0.1, 0.15) is 5.60 Å². The van der Waals surface area contributed by atoms with Gasteiger partial charge in [-0.25, -0.2) is 0 Å². The number of benzene rings is 1. The predicted octanol–water partition coefficient (Wildman–Crippen LogP) is 3.82. The number of ether oxygens (including phenoxy) is 1. The molecular formula is C15H20O. The maximum Gasteiger partial charge on any atom is 0.115 e. The van der Waals surface area contributed by atoms with Crippen molar-refractivity contribution in [2.24, 2.45) is 5.41 Å². The van der Waals surface area contributed by atoms with E-state index in [4.69, 9.17) is 4.74 Å². The van der Waals surface area contributed by atoms with Crippen molar-refractivity contribution in [1.82, 2.24) is 0 Å². The maximum atomic E-state index is 5.62. The molecule has 1 fully saturated rings. The number of hydrogen-bond acceptors (Lipinski definition) is 1. The first-order valence-corrected chi connectivity index (χ1v) is 5.83. The molecule has 0 amide bonds. The molecule has 2 rings (SSSR count). The number of rotatable bonds is 2. The molecule has 1 aromatic rings. The fraction of sp³-hybridized carbons (Fsp3) is 0.467. The Kier molecular flexibility index (Phi) is 2.67. The summed E-state index contributed by atoms with van der Waals surface area (Å²) in [5.74, 6) is 0. The molecule has 16 heavy (non-hydrogen) atoms. The van der Waals surface area contributed by atoms with Crippen molar-refractivity contribution in [2.75, 3.05) is 6.61 Å². The lowest BCUT2D eigenvalue weighted by molar-refractivity contribution is 0.201. The van der Waals surface area contributed by atoms with Crippen LogP contribution < -0.4 is 0 Å². The van der Waals surface area contributed by atoms with Gasteiger partial charge in [0.25, 0.3) is 0 Å². The van der Waals surface area contributed by atoms with Crippen LogP contribution in [-0.2, 0) is 4.74 Å². The Bertz CT molecular complexity index is 388. The zero-order valence-electron chi connectivity index (χ0n) is 10.6.